The Morgan fingerprint density at radius 2 is 1.72 bits per heavy atom. The first-order valence-corrected chi connectivity index (χ1v) is 9.15. The van der Waals surface area contributed by atoms with Crippen LogP contribution in [0.5, 0.6) is 5.75 Å². The van der Waals surface area contributed by atoms with Crippen molar-refractivity contribution >= 4 is 45.9 Å². The van der Waals surface area contributed by atoms with Crippen molar-refractivity contribution in [2.45, 2.75) is 20.0 Å². The van der Waals surface area contributed by atoms with E-state index in [-0.39, 0.29) is 21.7 Å². The fourth-order valence-electron chi connectivity index (χ4n) is 2.71. The highest BCUT2D eigenvalue weighted by atomic mass is 35.5. The number of aryl methyl sites for hydroxylation is 1. The van der Waals surface area contributed by atoms with E-state index in [2.05, 4.69) is 4.98 Å². The SMILES string of the molecule is Cc1[nH]c2cc(Cl)c(C(=O)c3ccc(Cl)cc3)cc2c1OC(=O)C(C)C(F)(F)F. The van der Waals surface area contributed by atoms with Crippen LogP contribution in [0.3, 0.4) is 0 Å². The molecule has 1 unspecified atom stereocenters. The van der Waals surface area contributed by atoms with Crippen LogP contribution >= 0.6 is 23.2 Å². The number of aromatic amines is 1. The predicted octanol–water partition coefficient (Wildman–Crippen LogP) is 6.12. The predicted molar refractivity (Wildman–Crippen MR) is 104 cm³/mol. The van der Waals surface area contributed by atoms with Crippen LogP contribution < -0.4 is 4.74 Å². The minimum absolute atomic E-state index is 0.0806. The molecule has 3 rings (SSSR count). The van der Waals surface area contributed by atoms with Gasteiger partial charge in [0.15, 0.2) is 11.5 Å². The molecule has 1 aromatic heterocycles. The molecule has 1 atom stereocenters. The molecule has 1 heterocycles. The quantitative estimate of drug-likeness (QED) is 0.390. The van der Waals surface area contributed by atoms with Crippen molar-refractivity contribution in [3.8, 4) is 5.75 Å². The largest absolute Gasteiger partial charge is 0.423 e. The third-order valence-corrected chi connectivity index (χ3v) is 4.98. The molecule has 2 aromatic carbocycles. The van der Waals surface area contributed by atoms with Gasteiger partial charge in [0.2, 0.25) is 0 Å². The zero-order chi connectivity index (χ0) is 21.5. The summed E-state index contributed by atoms with van der Waals surface area (Å²) in [6, 6.07) is 9.00. The van der Waals surface area contributed by atoms with E-state index in [4.69, 9.17) is 27.9 Å². The fraction of sp³-hybridized carbons (Fsp3) is 0.200. The van der Waals surface area contributed by atoms with Crippen molar-refractivity contribution in [3.63, 3.8) is 0 Å². The van der Waals surface area contributed by atoms with E-state index < -0.39 is 23.8 Å². The summed E-state index contributed by atoms with van der Waals surface area (Å²) in [4.78, 5) is 27.6. The molecule has 152 valence electrons. The molecule has 0 bridgehead atoms. The first-order chi connectivity index (χ1) is 13.5. The minimum Gasteiger partial charge on any atom is -0.423 e. The zero-order valence-corrected chi connectivity index (χ0v) is 16.7. The number of alkyl halides is 3. The van der Waals surface area contributed by atoms with Gasteiger partial charge in [-0.3, -0.25) is 9.59 Å². The number of fused-ring (bicyclic) bond motifs is 1. The standard InChI is InChI=1S/C20H14Cl2F3NO3/c1-9(20(23,24)25)19(28)29-18-10(2)26-16-8-15(22)13(7-14(16)18)17(27)11-3-5-12(21)6-4-11/h3-9,26H,1-2H3. The Morgan fingerprint density at radius 3 is 2.31 bits per heavy atom. The number of esters is 1. The smallest absolute Gasteiger partial charge is 0.401 e. The number of ketones is 1. The summed E-state index contributed by atoms with van der Waals surface area (Å²) in [6.45, 7) is 2.26. The Hall–Kier alpha value is -2.51. The number of benzene rings is 2. The van der Waals surface area contributed by atoms with Crippen LogP contribution in [0.15, 0.2) is 36.4 Å². The van der Waals surface area contributed by atoms with Gasteiger partial charge < -0.3 is 9.72 Å². The third kappa shape index (κ3) is 4.26. The van der Waals surface area contributed by atoms with Crippen molar-refractivity contribution in [2.75, 3.05) is 0 Å². The summed E-state index contributed by atoms with van der Waals surface area (Å²) < 4.78 is 43.4. The molecule has 0 saturated heterocycles. The lowest BCUT2D eigenvalue weighted by Gasteiger charge is -2.14. The molecule has 0 spiro atoms. The number of carbonyl (C=O) groups is 2. The molecule has 0 saturated carbocycles. The lowest BCUT2D eigenvalue weighted by atomic mass is 10.0. The Bertz CT molecular complexity index is 1100. The van der Waals surface area contributed by atoms with Crippen LogP contribution in [-0.2, 0) is 4.79 Å². The maximum absolute atomic E-state index is 12.8. The first kappa shape index (κ1) is 21.2. The summed E-state index contributed by atoms with van der Waals surface area (Å²) >= 11 is 12.1. The lowest BCUT2D eigenvalue weighted by molar-refractivity contribution is -0.187. The van der Waals surface area contributed by atoms with E-state index >= 15 is 0 Å². The number of H-pyrrole nitrogens is 1. The van der Waals surface area contributed by atoms with E-state index in [1.807, 2.05) is 0 Å². The van der Waals surface area contributed by atoms with E-state index in [1.54, 1.807) is 12.1 Å². The number of hydrogen-bond acceptors (Lipinski definition) is 3. The second-order valence-electron chi connectivity index (χ2n) is 6.48. The molecular weight excluding hydrogens is 430 g/mol. The van der Waals surface area contributed by atoms with E-state index in [0.717, 1.165) is 6.92 Å². The van der Waals surface area contributed by atoms with E-state index in [9.17, 15) is 22.8 Å². The Morgan fingerprint density at radius 1 is 1.10 bits per heavy atom. The molecule has 4 nitrogen and oxygen atoms in total. The van der Waals surface area contributed by atoms with Crippen LogP contribution in [-0.4, -0.2) is 22.9 Å². The van der Waals surface area contributed by atoms with Gasteiger partial charge in [-0.15, -0.1) is 0 Å². The van der Waals surface area contributed by atoms with E-state index in [0.29, 0.717) is 21.8 Å². The van der Waals surface area contributed by atoms with Crippen molar-refractivity contribution in [1.82, 2.24) is 4.98 Å². The Labute approximate surface area is 173 Å². The molecule has 29 heavy (non-hydrogen) atoms. The van der Waals surface area contributed by atoms with Crippen LogP contribution in [0.1, 0.15) is 28.5 Å². The topological polar surface area (TPSA) is 59.2 Å². The molecule has 0 aliphatic heterocycles. The monoisotopic (exact) mass is 443 g/mol. The molecule has 1 N–H and O–H groups in total. The van der Waals surface area contributed by atoms with Gasteiger partial charge in [-0.05, 0) is 50.2 Å². The number of carbonyl (C=O) groups excluding carboxylic acids is 2. The van der Waals surface area contributed by atoms with E-state index in [1.165, 1.54) is 31.2 Å². The first-order valence-electron chi connectivity index (χ1n) is 8.39. The normalized spacial score (nSPS) is 12.8. The van der Waals surface area contributed by atoms with Crippen LogP contribution in [0.4, 0.5) is 13.2 Å². The number of ether oxygens (including phenoxy) is 1. The van der Waals surface area contributed by atoms with Gasteiger partial charge in [0.05, 0.1) is 16.2 Å². The number of rotatable bonds is 4. The molecule has 9 heteroatoms. The maximum atomic E-state index is 12.8. The number of halogens is 5. The third-order valence-electron chi connectivity index (χ3n) is 4.41. The van der Waals surface area contributed by atoms with Crippen molar-refractivity contribution in [3.05, 3.63) is 63.3 Å². The van der Waals surface area contributed by atoms with Crippen molar-refractivity contribution < 1.29 is 27.5 Å². The number of hydrogen-bond donors (Lipinski definition) is 1. The lowest BCUT2D eigenvalue weighted by Crippen LogP contribution is -2.31. The molecule has 0 fully saturated rings. The molecule has 0 aliphatic carbocycles. The summed E-state index contributed by atoms with van der Waals surface area (Å²) in [7, 11) is 0. The Kier molecular flexibility index (Phi) is 5.65. The summed E-state index contributed by atoms with van der Waals surface area (Å²) in [5, 5.41) is 0.865. The highest BCUT2D eigenvalue weighted by Gasteiger charge is 2.42. The average Bonchev–Trinajstić information content (AvgIpc) is 2.94. The highest BCUT2D eigenvalue weighted by molar-refractivity contribution is 6.36. The minimum atomic E-state index is -4.73. The van der Waals surface area contributed by atoms with Crippen LogP contribution in [0.2, 0.25) is 10.0 Å². The van der Waals surface area contributed by atoms with Gasteiger partial charge in [0, 0.05) is 21.5 Å². The maximum Gasteiger partial charge on any atom is 0.401 e. The van der Waals surface area contributed by atoms with Gasteiger partial charge in [0.25, 0.3) is 0 Å². The number of nitrogens with one attached hydrogen (secondary N) is 1. The molecule has 3 aromatic rings. The molecule has 0 aliphatic rings. The molecular formula is C20H14Cl2F3NO3. The van der Waals surface area contributed by atoms with Gasteiger partial charge in [0.1, 0.15) is 5.92 Å². The van der Waals surface area contributed by atoms with Gasteiger partial charge >= 0.3 is 12.1 Å². The average molecular weight is 444 g/mol. The summed E-state index contributed by atoms with van der Waals surface area (Å²) in [5.41, 5.74) is 1.19. The zero-order valence-electron chi connectivity index (χ0n) is 15.2. The van der Waals surface area contributed by atoms with Crippen LogP contribution in [0, 0.1) is 12.8 Å². The number of aromatic nitrogens is 1. The van der Waals surface area contributed by atoms with Gasteiger partial charge in [-0.2, -0.15) is 13.2 Å². The Balaban J connectivity index is 2.04. The van der Waals surface area contributed by atoms with Crippen LogP contribution in [0.25, 0.3) is 10.9 Å². The molecule has 0 amide bonds. The fourth-order valence-corrected chi connectivity index (χ4v) is 3.09. The van der Waals surface area contributed by atoms with Crippen molar-refractivity contribution in [2.24, 2.45) is 5.92 Å². The van der Waals surface area contributed by atoms with Gasteiger partial charge in [-0.25, -0.2) is 0 Å². The van der Waals surface area contributed by atoms with Gasteiger partial charge in [-0.1, -0.05) is 23.2 Å². The second-order valence-corrected chi connectivity index (χ2v) is 7.32. The molecule has 0 radical (unpaired) electrons. The highest BCUT2D eigenvalue weighted by Crippen LogP contribution is 2.36. The summed E-state index contributed by atoms with van der Waals surface area (Å²) in [6.07, 6.45) is -4.73. The summed E-state index contributed by atoms with van der Waals surface area (Å²) in [5.74, 6) is -4.23. The second kappa shape index (κ2) is 7.72. The van der Waals surface area contributed by atoms with Crippen molar-refractivity contribution in [1.29, 1.82) is 0 Å².